The number of carbonyl (C=O) groups excluding carboxylic acids is 1. The highest BCUT2D eigenvalue weighted by atomic mass is 16.2. The minimum atomic E-state index is -0.131. The van der Waals surface area contributed by atoms with Gasteiger partial charge in [0.2, 0.25) is 0 Å². The largest absolute Gasteiger partial charge is 0.353 e. The Kier molecular flexibility index (Phi) is 4.46. The highest BCUT2D eigenvalue weighted by Crippen LogP contribution is 2.31. The minimum Gasteiger partial charge on any atom is -0.353 e. The van der Waals surface area contributed by atoms with Crippen molar-refractivity contribution in [2.24, 2.45) is 7.05 Å². The summed E-state index contributed by atoms with van der Waals surface area (Å²) in [7, 11) is 2.00. The van der Waals surface area contributed by atoms with Crippen molar-refractivity contribution in [2.45, 2.75) is 39.3 Å². The fourth-order valence-electron chi connectivity index (χ4n) is 3.50. The van der Waals surface area contributed by atoms with E-state index in [9.17, 15) is 9.59 Å². The Morgan fingerprint density at radius 3 is 2.88 bits per heavy atom. The number of amides is 2. The molecule has 2 N–H and O–H groups in total. The van der Waals surface area contributed by atoms with Crippen LogP contribution in [0.1, 0.15) is 41.4 Å². The van der Waals surface area contributed by atoms with Crippen LogP contribution in [0, 0.1) is 13.8 Å². The molecule has 1 aliphatic rings. The van der Waals surface area contributed by atoms with E-state index in [2.05, 4.69) is 20.9 Å². The van der Waals surface area contributed by atoms with Crippen molar-refractivity contribution in [3.05, 3.63) is 57.3 Å². The number of carbonyl (C=O) groups is 1. The Bertz CT molecular complexity index is 806. The van der Waals surface area contributed by atoms with Crippen molar-refractivity contribution in [3.63, 3.8) is 0 Å². The van der Waals surface area contributed by atoms with Crippen LogP contribution >= 0.6 is 0 Å². The second-order valence-electron chi connectivity index (χ2n) is 6.50. The SMILES string of the molecule is Cc1cc(C)c(CNC(=O)N2CCC[C@H]2c2cccn2C)c(=O)[nH]1. The predicted octanol–water partition coefficient (Wildman–Crippen LogP) is 2.38. The highest BCUT2D eigenvalue weighted by Gasteiger charge is 2.31. The molecule has 2 aromatic heterocycles. The molecule has 0 bridgehead atoms. The van der Waals surface area contributed by atoms with E-state index in [0.29, 0.717) is 5.56 Å². The molecule has 24 heavy (non-hydrogen) atoms. The highest BCUT2D eigenvalue weighted by molar-refractivity contribution is 5.75. The van der Waals surface area contributed by atoms with Gasteiger partial charge in [-0.05, 0) is 50.5 Å². The fraction of sp³-hybridized carbons (Fsp3) is 0.444. The van der Waals surface area contributed by atoms with E-state index < -0.39 is 0 Å². The first-order valence-electron chi connectivity index (χ1n) is 8.32. The summed E-state index contributed by atoms with van der Waals surface area (Å²) in [5, 5.41) is 2.91. The molecule has 6 heteroatoms. The van der Waals surface area contributed by atoms with Crippen LogP contribution in [0.2, 0.25) is 0 Å². The molecule has 2 amide bonds. The van der Waals surface area contributed by atoms with Crippen LogP contribution in [0.3, 0.4) is 0 Å². The van der Waals surface area contributed by atoms with E-state index in [-0.39, 0.29) is 24.2 Å². The van der Waals surface area contributed by atoms with Gasteiger partial charge >= 0.3 is 6.03 Å². The van der Waals surface area contributed by atoms with E-state index in [0.717, 1.165) is 36.3 Å². The number of hydrogen-bond donors (Lipinski definition) is 2. The number of aromatic amines is 1. The molecule has 0 aliphatic carbocycles. The zero-order valence-corrected chi connectivity index (χ0v) is 14.4. The minimum absolute atomic E-state index is 0.0994. The van der Waals surface area contributed by atoms with Gasteiger partial charge in [0.05, 0.1) is 12.6 Å². The third-order valence-electron chi connectivity index (χ3n) is 4.75. The summed E-state index contributed by atoms with van der Waals surface area (Å²) in [5.74, 6) is 0. The summed E-state index contributed by atoms with van der Waals surface area (Å²) in [5.41, 5.74) is 3.36. The first-order chi connectivity index (χ1) is 11.5. The van der Waals surface area contributed by atoms with Crippen LogP contribution in [0.5, 0.6) is 0 Å². The number of nitrogens with zero attached hydrogens (tertiary/aromatic N) is 2. The Morgan fingerprint density at radius 1 is 1.42 bits per heavy atom. The van der Waals surface area contributed by atoms with Gasteiger partial charge in [-0.15, -0.1) is 0 Å². The van der Waals surface area contributed by atoms with Crippen LogP contribution in [-0.4, -0.2) is 27.0 Å². The predicted molar refractivity (Wildman–Crippen MR) is 92.9 cm³/mol. The second-order valence-corrected chi connectivity index (χ2v) is 6.50. The molecule has 0 unspecified atom stereocenters. The lowest BCUT2D eigenvalue weighted by Crippen LogP contribution is -2.40. The first-order valence-corrected chi connectivity index (χ1v) is 8.32. The summed E-state index contributed by atoms with van der Waals surface area (Å²) >= 11 is 0. The maximum atomic E-state index is 12.6. The zero-order chi connectivity index (χ0) is 17.3. The Hall–Kier alpha value is -2.50. The van der Waals surface area contributed by atoms with Gasteiger partial charge in [-0.3, -0.25) is 4.79 Å². The van der Waals surface area contributed by atoms with Gasteiger partial charge in [0.1, 0.15) is 0 Å². The maximum absolute atomic E-state index is 12.6. The van der Waals surface area contributed by atoms with Gasteiger partial charge in [0.15, 0.2) is 0 Å². The standard InChI is InChI=1S/C18H24N4O2/c1-12-10-13(2)20-17(23)14(12)11-19-18(24)22-9-5-7-16(22)15-6-4-8-21(15)3/h4,6,8,10,16H,5,7,9,11H2,1-3H3,(H,19,24)(H,20,23)/t16-/m0/s1. The molecular weight excluding hydrogens is 304 g/mol. The van der Waals surface area contributed by atoms with E-state index >= 15 is 0 Å². The molecule has 3 rings (SSSR count). The lowest BCUT2D eigenvalue weighted by molar-refractivity contribution is 0.191. The molecule has 6 nitrogen and oxygen atoms in total. The van der Waals surface area contributed by atoms with Gasteiger partial charge in [0.25, 0.3) is 5.56 Å². The van der Waals surface area contributed by atoms with Crippen molar-refractivity contribution in [2.75, 3.05) is 6.54 Å². The average molecular weight is 328 g/mol. The van der Waals surface area contributed by atoms with Crippen molar-refractivity contribution in [1.29, 1.82) is 0 Å². The van der Waals surface area contributed by atoms with Crippen LogP contribution in [-0.2, 0) is 13.6 Å². The summed E-state index contributed by atoms with van der Waals surface area (Å²) in [6.07, 6.45) is 3.96. The van der Waals surface area contributed by atoms with Gasteiger partial charge in [-0.2, -0.15) is 0 Å². The van der Waals surface area contributed by atoms with Gasteiger partial charge in [-0.25, -0.2) is 4.79 Å². The number of likely N-dealkylation sites (tertiary alicyclic amines) is 1. The number of rotatable bonds is 3. The molecule has 1 atom stereocenters. The number of H-pyrrole nitrogens is 1. The summed E-state index contributed by atoms with van der Waals surface area (Å²) in [6.45, 7) is 4.74. The van der Waals surface area contributed by atoms with Crippen molar-refractivity contribution < 1.29 is 4.79 Å². The second kappa shape index (κ2) is 6.55. The zero-order valence-electron chi connectivity index (χ0n) is 14.4. The Morgan fingerprint density at radius 2 is 2.21 bits per heavy atom. The first kappa shape index (κ1) is 16.4. The molecule has 128 valence electrons. The van der Waals surface area contributed by atoms with E-state index in [4.69, 9.17) is 0 Å². The molecule has 0 spiro atoms. The fourth-order valence-corrected chi connectivity index (χ4v) is 3.50. The normalized spacial score (nSPS) is 17.3. The van der Waals surface area contributed by atoms with Gasteiger partial charge in [-0.1, -0.05) is 0 Å². The number of hydrogen-bond acceptors (Lipinski definition) is 2. The summed E-state index contributed by atoms with van der Waals surface area (Å²) < 4.78 is 2.06. The van der Waals surface area contributed by atoms with E-state index in [1.807, 2.05) is 44.1 Å². The molecule has 2 aromatic rings. The monoisotopic (exact) mass is 328 g/mol. The summed E-state index contributed by atoms with van der Waals surface area (Å²) in [6, 6.07) is 5.97. The molecule has 0 saturated carbocycles. The van der Waals surface area contributed by atoms with Crippen molar-refractivity contribution in [1.82, 2.24) is 19.8 Å². The molecule has 0 radical (unpaired) electrons. The van der Waals surface area contributed by atoms with Gasteiger partial charge < -0.3 is 19.8 Å². The number of urea groups is 1. The third kappa shape index (κ3) is 3.09. The lowest BCUT2D eigenvalue weighted by atomic mass is 10.1. The van der Waals surface area contributed by atoms with Crippen molar-refractivity contribution in [3.8, 4) is 0 Å². The topological polar surface area (TPSA) is 70.1 Å². The Labute approximate surface area is 141 Å². The molecule has 3 heterocycles. The Balaban J connectivity index is 1.71. The number of nitrogens with one attached hydrogen (secondary N) is 2. The number of aromatic nitrogens is 2. The molecule has 1 fully saturated rings. The van der Waals surface area contributed by atoms with E-state index in [1.165, 1.54) is 0 Å². The molecular formula is C18H24N4O2. The van der Waals surface area contributed by atoms with Crippen LogP contribution in [0.25, 0.3) is 0 Å². The molecule has 1 aliphatic heterocycles. The number of pyridine rings is 1. The van der Waals surface area contributed by atoms with Crippen LogP contribution in [0.4, 0.5) is 4.79 Å². The quantitative estimate of drug-likeness (QED) is 0.908. The maximum Gasteiger partial charge on any atom is 0.318 e. The van der Waals surface area contributed by atoms with Gasteiger partial charge in [0, 0.05) is 36.7 Å². The molecule has 0 aromatic carbocycles. The van der Waals surface area contributed by atoms with Crippen molar-refractivity contribution >= 4 is 6.03 Å². The smallest absolute Gasteiger partial charge is 0.318 e. The summed E-state index contributed by atoms with van der Waals surface area (Å²) in [4.78, 5) is 29.3. The lowest BCUT2D eigenvalue weighted by Gasteiger charge is -2.25. The van der Waals surface area contributed by atoms with Crippen LogP contribution in [0.15, 0.2) is 29.2 Å². The molecule has 1 saturated heterocycles. The van der Waals surface area contributed by atoms with Crippen LogP contribution < -0.4 is 10.9 Å². The average Bonchev–Trinajstić information content (AvgIpc) is 3.13. The third-order valence-corrected chi connectivity index (χ3v) is 4.75. The van der Waals surface area contributed by atoms with E-state index in [1.54, 1.807) is 0 Å². The number of aryl methyl sites for hydroxylation is 3.